The van der Waals surface area contributed by atoms with Crippen LogP contribution in [-0.2, 0) is 0 Å². The molecule has 1 aromatic carbocycles. The molecule has 1 N–H and O–H groups in total. The summed E-state index contributed by atoms with van der Waals surface area (Å²) >= 11 is 0. The number of furan rings is 1. The van der Waals surface area contributed by atoms with Crippen molar-refractivity contribution in [3.63, 3.8) is 0 Å². The number of rotatable bonds is 3. The number of methoxy groups -OCH3 is 1. The minimum Gasteiger partial charge on any atom is -0.496 e. The van der Waals surface area contributed by atoms with Crippen LogP contribution in [0.15, 0.2) is 22.6 Å². The topological polar surface area (TPSA) is 42.6 Å². The van der Waals surface area contributed by atoms with Gasteiger partial charge in [-0.1, -0.05) is 6.07 Å². The van der Waals surface area contributed by atoms with Crippen LogP contribution in [0.2, 0.25) is 0 Å². The van der Waals surface area contributed by atoms with Gasteiger partial charge in [-0.15, -0.1) is 0 Å². The van der Waals surface area contributed by atoms with E-state index in [1.807, 2.05) is 45.9 Å². The molecule has 3 nitrogen and oxygen atoms in total. The zero-order valence-corrected chi connectivity index (χ0v) is 12.1. The molecule has 0 aliphatic carbocycles. The highest BCUT2D eigenvalue weighted by molar-refractivity contribution is 5.48. The maximum absolute atomic E-state index is 10.6. The van der Waals surface area contributed by atoms with Crippen molar-refractivity contribution >= 4 is 0 Å². The smallest absolute Gasteiger partial charge is 0.125 e. The van der Waals surface area contributed by atoms with Crippen LogP contribution in [0.3, 0.4) is 0 Å². The van der Waals surface area contributed by atoms with Crippen molar-refractivity contribution in [3.8, 4) is 5.75 Å². The number of aliphatic hydroxyl groups excluding tert-OH is 1. The van der Waals surface area contributed by atoms with Crippen molar-refractivity contribution in [2.24, 2.45) is 0 Å². The van der Waals surface area contributed by atoms with Crippen LogP contribution in [0.1, 0.15) is 39.9 Å². The lowest BCUT2D eigenvalue weighted by molar-refractivity contribution is 0.211. The first kappa shape index (κ1) is 13.7. The third kappa shape index (κ3) is 2.51. The molecule has 102 valence electrons. The Morgan fingerprint density at radius 3 is 2.32 bits per heavy atom. The molecule has 0 saturated carbocycles. The number of aliphatic hydroxyl groups is 1. The number of hydrogen-bond donors (Lipinski definition) is 1. The fourth-order valence-electron chi connectivity index (χ4n) is 2.54. The molecule has 0 saturated heterocycles. The molecule has 2 rings (SSSR count). The normalized spacial score (nSPS) is 12.5. The summed E-state index contributed by atoms with van der Waals surface area (Å²) in [6, 6.07) is 5.86. The van der Waals surface area contributed by atoms with Crippen LogP contribution in [0, 0.1) is 27.7 Å². The lowest BCUT2D eigenvalue weighted by Crippen LogP contribution is -2.05. The molecule has 0 amide bonds. The maximum Gasteiger partial charge on any atom is 0.125 e. The Kier molecular flexibility index (Phi) is 3.67. The van der Waals surface area contributed by atoms with Crippen LogP contribution in [0.5, 0.6) is 5.75 Å². The van der Waals surface area contributed by atoms with Gasteiger partial charge in [0.2, 0.25) is 0 Å². The van der Waals surface area contributed by atoms with E-state index in [1.165, 1.54) is 0 Å². The van der Waals surface area contributed by atoms with E-state index in [9.17, 15) is 5.11 Å². The Morgan fingerprint density at radius 2 is 1.79 bits per heavy atom. The first-order valence-electron chi connectivity index (χ1n) is 6.34. The zero-order valence-electron chi connectivity index (χ0n) is 12.1. The van der Waals surface area contributed by atoms with E-state index < -0.39 is 6.10 Å². The first-order valence-corrected chi connectivity index (χ1v) is 6.34. The average molecular weight is 260 g/mol. The van der Waals surface area contributed by atoms with Crippen molar-refractivity contribution in [2.75, 3.05) is 7.11 Å². The minimum atomic E-state index is -0.729. The Bertz CT molecular complexity index is 596. The Morgan fingerprint density at radius 1 is 1.11 bits per heavy atom. The quantitative estimate of drug-likeness (QED) is 0.916. The summed E-state index contributed by atoms with van der Waals surface area (Å²) in [5, 5.41) is 10.6. The molecular formula is C16H20O3. The molecule has 0 bridgehead atoms. The van der Waals surface area contributed by atoms with Crippen molar-refractivity contribution < 1.29 is 14.3 Å². The molecule has 0 radical (unpaired) electrons. The molecule has 1 heterocycles. The van der Waals surface area contributed by atoms with Crippen LogP contribution in [-0.4, -0.2) is 12.2 Å². The van der Waals surface area contributed by atoms with Crippen molar-refractivity contribution in [1.29, 1.82) is 0 Å². The molecule has 1 aromatic heterocycles. The summed E-state index contributed by atoms with van der Waals surface area (Å²) in [4.78, 5) is 0. The minimum absolute atomic E-state index is 0.711. The number of aryl methyl sites for hydroxylation is 4. The molecular weight excluding hydrogens is 240 g/mol. The van der Waals surface area contributed by atoms with Crippen LogP contribution >= 0.6 is 0 Å². The molecule has 19 heavy (non-hydrogen) atoms. The molecule has 1 atom stereocenters. The second kappa shape index (κ2) is 5.10. The standard InChI is InChI=1S/C16H20O3/c1-9-6-10(2)15(14(7-9)18-5)16(17)13-8-11(3)19-12(13)4/h6-8,16-17H,1-5H3. The van der Waals surface area contributed by atoms with E-state index in [1.54, 1.807) is 7.11 Å². The molecule has 0 aliphatic rings. The second-order valence-electron chi connectivity index (χ2n) is 4.97. The molecule has 2 aromatic rings. The highest BCUT2D eigenvalue weighted by Crippen LogP contribution is 2.35. The largest absolute Gasteiger partial charge is 0.496 e. The first-order chi connectivity index (χ1) is 8.93. The summed E-state index contributed by atoms with van der Waals surface area (Å²) in [5.74, 6) is 2.26. The monoisotopic (exact) mass is 260 g/mol. The van der Waals surface area contributed by atoms with Gasteiger partial charge in [-0.05, 0) is 51.0 Å². The average Bonchev–Trinajstić information content (AvgIpc) is 2.66. The van der Waals surface area contributed by atoms with E-state index in [0.717, 1.165) is 33.8 Å². The van der Waals surface area contributed by atoms with Gasteiger partial charge in [0.25, 0.3) is 0 Å². The summed E-state index contributed by atoms with van der Waals surface area (Å²) < 4.78 is 10.9. The Balaban J connectivity index is 2.55. The molecule has 0 fully saturated rings. The lowest BCUT2D eigenvalue weighted by atomic mass is 9.95. The summed E-state index contributed by atoms with van der Waals surface area (Å²) in [5.41, 5.74) is 3.73. The van der Waals surface area contributed by atoms with Gasteiger partial charge in [-0.3, -0.25) is 0 Å². The second-order valence-corrected chi connectivity index (χ2v) is 4.97. The van der Waals surface area contributed by atoms with Gasteiger partial charge >= 0.3 is 0 Å². The fraction of sp³-hybridized carbons (Fsp3) is 0.375. The van der Waals surface area contributed by atoms with Gasteiger partial charge in [-0.2, -0.15) is 0 Å². The van der Waals surface area contributed by atoms with E-state index in [0.29, 0.717) is 5.75 Å². The SMILES string of the molecule is COc1cc(C)cc(C)c1C(O)c1cc(C)oc1C. The van der Waals surface area contributed by atoms with Gasteiger partial charge in [0.15, 0.2) is 0 Å². The van der Waals surface area contributed by atoms with E-state index in [-0.39, 0.29) is 0 Å². The summed E-state index contributed by atoms with van der Waals surface area (Å²) in [6.45, 7) is 7.74. The van der Waals surface area contributed by atoms with Gasteiger partial charge < -0.3 is 14.3 Å². The molecule has 1 unspecified atom stereocenters. The van der Waals surface area contributed by atoms with Crippen LogP contribution in [0.4, 0.5) is 0 Å². The van der Waals surface area contributed by atoms with E-state index in [4.69, 9.17) is 9.15 Å². The number of hydrogen-bond acceptors (Lipinski definition) is 3. The van der Waals surface area contributed by atoms with Gasteiger partial charge in [0, 0.05) is 11.1 Å². The predicted molar refractivity (Wildman–Crippen MR) is 74.7 cm³/mol. The molecule has 3 heteroatoms. The maximum atomic E-state index is 10.6. The zero-order chi connectivity index (χ0) is 14.2. The van der Waals surface area contributed by atoms with Crippen molar-refractivity contribution in [2.45, 2.75) is 33.8 Å². The molecule has 0 spiro atoms. The Hall–Kier alpha value is -1.74. The lowest BCUT2D eigenvalue weighted by Gasteiger charge is -2.18. The molecule has 0 aliphatic heterocycles. The third-order valence-corrected chi connectivity index (χ3v) is 3.36. The van der Waals surface area contributed by atoms with Gasteiger partial charge in [0.05, 0.1) is 7.11 Å². The highest BCUT2D eigenvalue weighted by Gasteiger charge is 2.22. The third-order valence-electron chi connectivity index (χ3n) is 3.36. The van der Waals surface area contributed by atoms with Gasteiger partial charge in [0.1, 0.15) is 23.4 Å². The number of ether oxygens (including phenoxy) is 1. The summed E-state index contributed by atoms with van der Waals surface area (Å²) in [7, 11) is 1.62. The van der Waals surface area contributed by atoms with Crippen molar-refractivity contribution in [1.82, 2.24) is 0 Å². The Labute approximate surface area is 113 Å². The number of benzene rings is 1. The van der Waals surface area contributed by atoms with Crippen LogP contribution in [0.25, 0.3) is 0 Å². The van der Waals surface area contributed by atoms with E-state index >= 15 is 0 Å². The summed E-state index contributed by atoms with van der Waals surface area (Å²) in [6.07, 6.45) is -0.729. The predicted octanol–water partition coefficient (Wildman–Crippen LogP) is 3.60. The van der Waals surface area contributed by atoms with E-state index in [2.05, 4.69) is 0 Å². The van der Waals surface area contributed by atoms with Crippen molar-refractivity contribution in [3.05, 3.63) is 52.0 Å². The highest BCUT2D eigenvalue weighted by atomic mass is 16.5. The van der Waals surface area contributed by atoms with Crippen LogP contribution < -0.4 is 4.74 Å². The fourth-order valence-corrected chi connectivity index (χ4v) is 2.54. The van der Waals surface area contributed by atoms with Gasteiger partial charge in [-0.25, -0.2) is 0 Å².